The van der Waals surface area contributed by atoms with Crippen molar-refractivity contribution in [1.82, 2.24) is 14.7 Å². The van der Waals surface area contributed by atoms with Gasteiger partial charge in [-0.2, -0.15) is 16.4 Å². The molecule has 7 heteroatoms. The Morgan fingerprint density at radius 1 is 1.23 bits per heavy atom. The molecule has 1 saturated heterocycles. The van der Waals surface area contributed by atoms with Gasteiger partial charge in [-0.25, -0.2) is 8.42 Å². The summed E-state index contributed by atoms with van der Waals surface area (Å²) in [4.78, 5) is 2.77. The largest absolute Gasteiger partial charge is 0.297 e. The average Bonchev–Trinajstić information content (AvgIpc) is 3.37. The molecule has 2 aromatic heterocycles. The molecule has 2 atom stereocenters. The molecule has 3 aromatic rings. The molecule has 0 bridgehead atoms. The molecule has 4 heterocycles. The predicted molar refractivity (Wildman–Crippen MR) is 102 cm³/mol. The number of aromatic nitrogens is 2. The highest BCUT2D eigenvalue weighted by molar-refractivity contribution is 7.92. The van der Waals surface area contributed by atoms with Gasteiger partial charge >= 0.3 is 0 Å². The molecule has 1 fully saturated rings. The van der Waals surface area contributed by atoms with Gasteiger partial charge in [-0.05, 0) is 45.6 Å². The third-order valence-corrected chi connectivity index (χ3v) is 8.42. The molecule has 0 radical (unpaired) electrons. The zero-order valence-electron chi connectivity index (χ0n) is 14.4. The van der Waals surface area contributed by atoms with Crippen LogP contribution in [0.2, 0.25) is 0 Å². The van der Waals surface area contributed by atoms with Crippen molar-refractivity contribution in [3.05, 3.63) is 58.5 Å². The van der Waals surface area contributed by atoms with Crippen LogP contribution in [0.3, 0.4) is 0 Å². The lowest BCUT2D eigenvalue weighted by Crippen LogP contribution is -2.25. The van der Waals surface area contributed by atoms with Gasteiger partial charge in [-0.1, -0.05) is 6.07 Å². The molecule has 0 unspecified atom stereocenters. The number of benzene rings is 1. The van der Waals surface area contributed by atoms with E-state index in [1.54, 1.807) is 22.1 Å². The minimum atomic E-state index is -3.25. The highest BCUT2D eigenvalue weighted by Gasteiger charge is 2.50. The molecule has 5 rings (SSSR count). The molecule has 0 spiro atoms. The third kappa shape index (κ3) is 2.46. The van der Waals surface area contributed by atoms with Crippen LogP contribution in [0.1, 0.15) is 17.0 Å². The van der Waals surface area contributed by atoms with Crippen molar-refractivity contribution >= 4 is 21.2 Å². The maximum Gasteiger partial charge on any atom is 0.183 e. The fourth-order valence-corrected chi connectivity index (χ4v) is 7.13. The molecule has 26 heavy (non-hydrogen) atoms. The summed E-state index contributed by atoms with van der Waals surface area (Å²) in [6.07, 6.45) is 3.84. The first-order valence-electron chi connectivity index (χ1n) is 8.62. The van der Waals surface area contributed by atoms with E-state index in [4.69, 9.17) is 0 Å². The summed E-state index contributed by atoms with van der Waals surface area (Å²) in [6.45, 7) is 2.11. The van der Waals surface area contributed by atoms with E-state index in [0.717, 1.165) is 35.3 Å². The zero-order valence-corrected chi connectivity index (χ0v) is 16.0. The highest BCUT2D eigenvalue weighted by atomic mass is 32.2. The Morgan fingerprint density at radius 3 is 2.85 bits per heavy atom. The molecular weight excluding hydrogens is 366 g/mol. The van der Waals surface area contributed by atoms with Crippen molar-refractivity contribution in [2.75, 3.05) is 13.1 Å². The topological polar surface area (TPSA) is 55.2 Å². The lowest BCUT2D eigenvalue weighted by Gasteiger charge is -2.16. The normalized spacial score (nSPS) is 23.9. The molecule has 1 aromatic carbocycles. The molecule has 134 valence electrons. The molecule has 0 saturated carbocycles. The second-order valence-electron chi connectivity index (χ2n) is 7.17. The molecule has 0 amide bonds. The van der Waals surface area contributed by atoms with Gasteiger partial charge in [0.05, 0.1) is 16.3 Å². The maximum atomic E-state index is 13.0. The second kappa shape index (κ2) is 5.77. The number of likely N-dealkylation sites (tertiary alicyclic amines) is 1. The lowest BCUT2D eigenvalue weighted by molar-refractivity contribution is 0.325. The first kappa shape index (κ1) is 16.2. The zero-order chi connectivity index (χ0) is 17.9. The first-order valence-corrected chi connectivity index (χ1v) is 11.1. The van der Waals surface area contributed by atoms with Crippen molar-refractivity contribution in [3.8, 4) is 11.1 Å². The van der Waals surface area contributed by atoms with Crippen LogP contribution in [-0.4, -0.2) is 41.4 Å². The van der Waals surface area contributed by atoms with Crippen molar-refractivity contribution in [2.24, 2.45) is 7.05 Å². The summed E-state index contributed by atoms with van der Waals surface area (Å²) < 4.78 is 27.8. The highest BCUT2D eigenvalue weighted by Crippen LogP contribution is 2.46. The van der Waals surface area contributed by atoms with Crippen LogP contribution < -0.4 is 0 Å². The Labute approximate surface area is 156 Å². The minimum Gasteiger partial charge on any atom is -0.297 e. The standard InChI is InChI=1S/C19H19N3O2S2/c1-21-8-13(7-20-21)9-22-10-17-16-6-14(15-4-5-25-12-15)2-3-18(16)26(23,24)19(17)11-22/h2-8,12,17,19H,9-11H2,1H3/t17-,19+/m0/s1. The molecule has 2 aliphatic rings. The van der Waals surface area contributed by atoms with Crippen LogP contribution in [-0.2, 0) is 23.4 Å². The predicted octanol–water partition coefficient (Wildman–Crippen LogP) is 2.90. The molecule has 2 aliphatic heterocycles. The Morgan fingerprint density at radius 2 is 2.12 bits per heavy atom. The van der Waals surface area contributed by atoms with E-state index in [-0.39, 0.29) is 11.2 Å². The van der Waals surface area contributed by atoms with Crippen LogP contribution >= 0.6 is 11.3 Å². The molecule has 0 N–H and O–H groups in total. The van der Waals surface area contributed by atoms with E-state index in [1.807, 2.05) is 30.9 Å². The van der Waals surface area contributed by atoms with Gasteiger partial charge < -0.3 is 0 Å². The smallest absolute Gasteiger partial charge is 0.183 e. The quantitative estimate of drug-likeness (QED) is 0.696. The summed E-state index contributed by atoms with van der Waals surface area (Å²) >= 11 is 1.66. The number of aryl methyl sites for hydroxylation is 1. The third-order valence-electron chi connectivity index (χ3n) is 5.48. The summed E-state index contributed by atoms with van der Waals surface area (Å²) in [5.74, 6) is 0.0604. The number of hydrogen-bond donors (Lipinski definition) is 0. The van der Waals surface area contributed by atoms with E-state index in [9.17, 15) is 8.42 Å². The van der Waals surface area contributed by atoms with Crippen LogP contribution in [0.15, 0.2) is 52.3 Å². The van der Waals surface area contributed by atoms with Crippen LogP contribution in [0.4, 0.5) is 0 Å². The fourth-order valence-electron chi connectivity index (χ4n) is 4.27. The van der Waals surface area contributed by atoms with E-state index in [2.05, 4.69) is 27.5 Å². The Kier molecular flexibility index (Phi) is 3.60. The van der Waals surface area contributed by atoms with Crippen molar-refractivity contribution in [1.29, 1.82) is 0 Å². The number of nitrogens with zero attached hydrogens (tertiary/aromatic N) is 3. The monoisotopic (exact) mass is 385 g/mol. The molecular formula is C19H19N3O2S2. The molecule has 5 nitrogen and oxygen atoms in total. The maximum absolute atomic E-state index is 13.0. The second-order valence-corrected chi connectivity index (χ2v) is 10.1. The van der Waals surface area contributed by atoms with Gasteiger partial charge in [0.15, 0.2) is 9.84 Å². The number of sulfone groups is 1. The van der Waals surface area contributed by atoms with Gasteiger partial charge in [0, 0.05) is 44.4 Å². The SMILES string of the molecule is Cn1cc(CN2C[C@@H]3[C@@H](C2)c2cc(-c4ccsc4)ccc2S3(=O)=O)cn1. The van der Waals surface area contributed by atoms with E-state index in [1.165, 1.54) is 0 Å². The first-order chi connectivity index (χ1) is 12.5. The summed E-state index contributed by atoms with van der Waals surface area (Å²) in [7, 11) is -1.35. The Balaban J connectivity index is 1.48. The Hall–Kier alpha value is -1.96. The summed E-state index contributed by atoms with van der Waals surface area (Å²) in [5.41, 5.74) is 4.37. The van der Waals surface area contributed by atoms with Gasteiger partial charge in [0.1, 0.15) is 0 Å². The Bertz CT molecular complexity index is 1070. The fraction of sp³-hybridized carbons (Fsp3) is 0.316. The van der Waals surface area contributed by atoms with Crippen LogP contribution in [0.5, 0.6) is 0 Å². The van der Waals surface area contributed by atoms with Gasteiger partial charge in [0.2, 0.25) is 0 Å². The number of fused-ring (bicyclic) bond motifs is 3. The minimum absolute atomic E-state index is 0.0604. The van der Waals surface area contributed by atoms with Gasteiger partial charge in [-0.15, -0.1) is 0 Å². The summed E-state index contributed by atoms with van der Waals surface area (Å²) in [5, 5.41) is 8.03. The molecule has 0 aliphatic carbocycles. The van der Waals surface area contributed by atoms with Crippen LogP contribution in [0.25, 0.3) is 11.1 Å². The number of thiophene rings is 1. The average molecular weight is 386 g/mol. The van der Waals surface area contributed by atoms with E-state index >= 15 is 0 Å². The van der Waals surface area contributed by atoms with Gasteiger partial charge in [0.25, 0.3) is 0 Å². The van der Waals surface area contributed by atoms with E-state index < -0.39 is 9.84 Å². The number of rotatable bonds is 3. The lowest BCUT2D eigenvalue weighted by atomic mass is 9.95. The van der Waals surface area contributed by atoms with Gasteiger partial charge in [-0.3, -0.25) is 9.58 Å². The van der Waals surface area contributed by atoms with Crippen LogP contribution in [0, 0.1) is 0 Å². The summed E-state index contributed by atoms with van der Waals surface area (Å²) in [6, 6.07) is 7.91. The van der Waals surface area contributed by atoms with Crippen molar-refractivity contribution < 1.29 is 8.42 Å². The number of hydrogen-bond acceptors (Lipinski definition) is 5. The van der Waals surface area contributed by atoms with Crippen molar-refractivity contribution in [3.63, 3.8) is 0 Å². The van der Waals surface area contributed by atoms with Crippen molar-refractivity contribution in [2.45, 2.75) is 22.6 Å². The van der Waals surface area contributed by atoms with E-state index in [0.29, 0.717) is 11.4 Å².